The molecule has 0 radical (unpaired) electrons. The topological polar surface area (TPSA) is 41.6 Å². The molecule has 3 rings (SSSR count). The molecule has 0 aliphatic carbocycles. The van der Waals surface area contributed by atoms with Gasteiger partial charge in [-0.05, 0) is 50.6 Å². The molecule has 2 aromatic carbocycles. The van der Waals surface area contributed by atoms with Crippen molar-refractivity contribution in [2.24, 2.45) is 0 Å². The Morgan fingerprint density at radius 2 is 1.92 bits per heavy atom. The molecule has 1 heterocycles. The fourth-order valence-corrected chi connectivity index (χ4v) is 3.44. The third kappa shape index (κ3) is 3.09. The van der Waals surface area contributed by atoms with Crippen molar-refractivity contribution < 1.29 is 9.53 Å². The first kappa shape index (κ1) is 16.4. The van der Waals surface area contributed by atoms with Gasteiger partial charge in [-0.15, -0.1) is 0 Å². The molecule has 4 nitrogen and oxygen atoms in total. The zero-order valence-electron chi connectivity index (χ0n) is 14.7. The van der Waals surface area contributed by atoms with Gasteiger partial charge in [0.1, 0.15) is 5.75 Å². The summed E-state index contributed by atoms with van der Waals surface area (Å²) >= 11 is 0. The Balaban J connectivity index is 1.99. The first-order chi connectivity index (χ1) is 11.5. The fraction of sp³-hybridized carbons (Fsp3) is 0.350. The van der Waals surface area contributed by atoms with E-state index in [0.717, 1.165) is 29.1 Å². The van der Waals surface area contributed by atoms with Gasteiger partial charge in [-0.3, -0.25) is 4.79 Å². The van der Waals surface area contributed by atoms with E-state index in [-0.39, 0.29) is 18.0 Å². The van der Waals surface area contributed by atoms with E-state index >= 15 is 0 Å². The van der Waals surface area contributed by atoms with Crippen LogP contribution in [0, 0.1) is 6.92 Å². The molecule has 1 aliphatic heterocycles. The molecule has 0 aromatic heterocycles. The number of anilines is 2. The van der Waals surface area contributed by atoms with Crippen molar-refractivity contribution in [3.63, 3.8) is 0 Å². The molecule has 2 aromatic rings. The molecule has 0 unspecified atom stereocenters. The van der Waals surface area contributed by atoms with Crippen LogP contribution in [0.5, 0.6) is 5.75 Å². The normalized spacial score (nSPS) is 19.6. The van der Waals surface area contributed by atoms with Crippen LogP contribution >= 0.6 is 0 Å². The minimum Gasteiger partial charge on any atom is -0.497 e. The highest BCUT2D eigenvalue weighted by molar-refractivity contribution is 5.94. The second kappa shape index (κ2) is 6.56. The lowest BCUT2D eigenvalue weighted by Crippen LogP contribution is -2.43. The Hall–Kier alpha value is -2.49. The summed E-state index contributed by atoms with van der Waals surface area (Å²) in [6, 6.07) is 14.6. The van der Waals surface area contributed by atoms with Crippen LogP contribution in [0.4, 0.5) is 11.4 Å². The maximum atomic E-state index is 12.1. The number of carbonyl (C=O) groups excluding carboxylic acids is 1. The van der Waals surface area contributed by atoms with Crippen LogP contribution in [-0.4, -0.2) is 19.1 Å². The number of hydrogen-bond donors (Lipinski definition) is 1. The molecule has 24 heavy (non-hydrogen) atoms. The number of amides is 1. The van der Waals surface area contributed by atoms with Gasteiger partial charge in [-0.25, -0.2) is 0 Å². The average molecular weight is 324 g/mol. The molecule has 0 saturated heterocycles. The summed E-state index contributed by atoms with van der Waals surface area (Å²) in [5.41, 5.74) is 4.39. The van der Waals surface area contributed by atoms with Crippen molar-refractivity contribution in [1.29, 1.82) is 0 Å². The SMILES string of the molecule is COc1ccc2c(c1)[C@@H](Nc1ccc(C)cc1)C[C@@H](C)N2C(C)=O. The first-order valence-electron chi connectivity index (χ1n) is 8.30. The van der Waals surface area contributed by atoms with Crippen molar-refractivity contribution in [2.75, 3.05) is 17.3 Å². The molecule has 126 valence electrons. The molecular formula is C20H24N2O2. The second-order valence-corrected chi connectivity index (χ2v) is 6.46. The summed E-state index contributed by atoms with van der Waals surface area (Å²) in [6.07, 6.45) is 0.855. The highest BCUT2D eigenvalue weighted by atomic mass is 16.5. The molecule has 0 spiro atoms. The largest absolute Gasteiger partial charge is 0.497 e. The minimum atomic E-state index is 0.0719. The number of rotatable bonds is 3. The summed E-state index contributed by atoms with van der Waals surface area (Å²) in [6.45, 7) is 5.80. The number of hydrogen-bond acceptors (Lipinski definition) is 3. The van der Waals surface area contributed by atoms with Gasteiger partial charge in [0.2, 0.25) is 5.91 Å². The number of ether oxygens (including phenoxy) is 1. The Kier molecular flexibility index (Phi) is 4.47. The van der Waals surface area contributed by atoms with Crippen LogP contribution in [0.2, 0.25) is 0 Å². The third-order valence-electron chi connectivity index (χ3n) is 4.62. The number of aryl methyl sites for hydroxylation is 1. The van der Waals surface area contributed by atoms with Crippen LogP contribution in [0.25, 0.3) is 0 Å². The number of methoxy groups -OCH3 is 1. The lowest BCUT2D eigenvalue weighted by atomic mass is 9.91. The van der Waals surface area contributed by atoms with Crippen LogP contribution < -0.4 is 15.0 Å². The maximum absolute atomic E-state index is 12.1. The van der Waals surface area contributed by atoms with Crippen LogP contribution in [0.1, 0.15) is 37.4 Å². The number of fused-ring (bicyclic) bond motifs is 1. The van der Waals surface area contributed by atoms with Gasteiger partial charge < -0.3 is 15.0 Å². The zero-order chi connectivity index (χ0) is 17.3. The first-order valence-corrected chi connectivity index (χ1v) is 8.30. The summed E-state index contributed by atoms with van der Waals surface area (Å²) in [7, 11) is 1.67. The van der Waals surface area contributed by atoms with Crippen molar-refractivity contribution in [1.82, 2.24) is 0 Å². The van der Waals surface area contributed by atoms with Crippen LogP contribution in [0.3, 0.4) is 0 Å². The average Bonchev–Trinajstić information content (AvgIpc) is 2.56. The van der Waals surface area contributed by atoms with Crippen molar-refractivity contribution >= 4 is 17.3 Å². The highest BCUT2D eigenvalue weighted by Gasteiger charge is 2.32. The summed E-state index contributed by atoms with van der Waals surface area (Å²) < 4.78 is 5.39. The standard InChI is InChI=1S/C20H24N2O2/c1-13-5-7-16(8-6-13)21-19-11-14(2)22(15(3)23)20-10-9-17(24-4)12-18(19)20/h5-10,12,14,19,21H,11H2,1-4H3/t14-,19+/m1/s1. The lowest BCUT2D eigenvalue weighted by Gasteiger charge is -2.39. The quantitative estimate of drug-likeness (QED) is 0.915. The Labute approximate surface area is 143 Å². The molecule has 1 N–H and O–H groups in total. The Morgan fingerprint density at radius 1 is 1.21 bits per heavy atom. The van der Waals surface area contributed by atoms with E-state index in [9.17, 15) is 4.79 Å². The molecule has 1 aliphatic rings. The Bertz CT molecular complexity index is 740. The highest BCUT2D eigenvalue weighted by Crippen LogP contribution is 2.40. The van der Waals surface area contributed by atoms with Crippen molar-refractivity contribution in [2.45, 2.75) is 39.3 Å². The van der Waals surface area contributed by atoms with Gasteiger partial charge in [0, 0.05) is 29.9 Å². The van der Waals surface area contributed by atoms with Gasteiger partial charge in [-0.1, -0.05) is 17.7 Å². The molecule has 1 amide bonds. The predicted octanol–water partition coefficient (Wildman–Crippen LogP) is 4.30. The van der Waals surface area contributed by atoms with Crippen LogP contribution in [0.15, 0.2) is 42.5 Å². The Morgan fingerprint density at radius 3 is 2.54 bits per heavy atom. The summed E-state index contributed by atoms with van der Waals surface area (Å²) in [4.78, 5) is 14.0. The predicted molar refractivity (Wildman–Crippen MR) is 97.8 cm³/mol. The molecule has 0 saturated carbocycles. The van der Waals surface area contributed by atoms with E-state index in [1.165, 1.54) is 5.56 Å². The number of carbonyl (C=O) groups is 1. The van der Waals surface area contributed by atoms with Gasteiger partial charge in [0.15, 0.2) is 0 Å². The van der Waals surface area contributed by atoms with E-state index < -0.39 is 0 Å². The van der Waals surface area contributed by atoms with Gasteiger partial charge in [0.05, 0.1) is 13.2 Å². The van der Waals surface area contributed by atoms with E-state index in [1.54, 1.807) is 14.0 Å². The number of benzene rings is 2. The fourth-order valence-electron chi connectivity index (χ4n) is 3.44. The van der Waals surface area contributed by atoms with Gasteiger partial charge >= 0.3 is 0 Å². The summed E-state index contributed by atoms with van der Waals surface area (Å²) in [5.74, 6) is 0.880. The van der Waals surface area contributed by atoms with E-state index in [4.69, 9.17) is 4.74 Å². The third-order valence-corrected chi connectivity index (χ3v) is 4.62. The van der Waals surface area contributed by atoms with Gasteiger partial charge in [0.25, 0.3) is 0 Å². The number of nitrogens with one attached hydrogen (secondary N) is 1. The summed E-state index contributed by atoms with van der Waals surface area (Å²) in [5, 5.41) is 3.61. The van der Waals surface area contributed by atoms with Crippen molar-refractivity contribution in [3.8, 4) is 5.75 Å². The molecule has 4 heteroatoms. The van der Waals surface area contributed by atoms with E-state index in [0.29, 0.717) is 0 Å². The molecular weight excluding hydrogens is 300 g/mol. The minimum absolute atomic E-state index is 0.0719. The molecule has 0 bridgehead atoms. The molecule has 2 atom stereocenters. The van der Waals surface area contributed by atoms with Crippen molar-refractivity contribution in [3.05, 3.63) is 53.6 Å². The molecule has 0 fully saturated rings. The van der Waals surface area contributed by atoms with E-state index in [1.807, 2.05) is 23.1 Å². The van der Waals surface area contributed by atoms with Crippen LogP contribution in [-0.2, 0) is 4.79 Å². The number of nitrogens with zero attached hydrogens (tertiary/aromatic N) is 1. The maximum Gasteiger partial charge on any atom is 0.224 e. The lowest BCUT2D eigenvalue weighted by molar-refractivity contribution is -0.117. The monoisotopic (exact) mass is 324 g/mol. The van der Waals surface area contributed by atoms with E-state index in [2.05, 4.69) is 43.4 Å². The zero-order valence-corrected chi connectivity index (χ0v) is 14.7. The smallest absolute Gasteiger partial charge is 0.224 e. The second-order valence-electron chi connectivity index (χ2n) is 6.46. The van der Waals surface area contributed by atoms with Gasteiger partial charge in [-0.2, -0.15) is 0 Å².